The van der Waals surface area contributed by atoms with Crippen LogP contribution in [-0.4, -0.2) is 13.2 Å². The fraction of sp³-hybridized carbons (Fsp3) is 1.00. The minimum absolute atomic E-state index is 0. The predicted octanol–water partition coefficient (Wildman–Crippen LogP) is -7.26. The Labute approximate surface area is 116 Å². The topological polar surface area (TPSA) is 46.1 Å². The van der Waals surface area contributed by atoms with Crippen LogP contribution in [0.1, 0.15) is 13.8 Å². The first-order chi connectivity index (χ1) is 2.73. The van der Waals surface area contributed by atoms with Crippen molar-refractivity contribution in [2.45, 2.75) is 20.0 Å². The van der Waals surface area contributed by atoms with Crippen LogP contribution in [0.15, 0.2) is 0 Å². The third-order valence-corrected chi connectivity index (χ3v) is 0. The Morgan fingerprint density at radius 3 is 1.12 bits per heavy atom. The van der Waals surface area contributed by atoms with Gasteiger partial charge in [0.05, 0.1) is 0 Å². The van der Waals surface area contributed by atoms with Crippen LogP contribution < -0.4 is 91.2 Å². The third kappa shape index (κ3) is 74.8. The van der Waals surface area contributed by atoms with E-state index >= 15 is 0 Å². The molecule has 0 aliphatic carbocycles. The summed E-state index contributed by atoms with van der Waals surface area (Å²) in [7, 11) is 0.750. The van der Waals surface area contributed by atoms with Gasteiger partial charge in [0.25, 0.3) is 0 Å². The zero-order chi connectivity index (χ0) is 5.58. The third-order valence-electron chi connectivity index (χ3n) is 0. The van der Waals surface area contributed by atoms with Crippen LogP contribution >= 0.6 is 0 Å². The van der Waals surface area contributed by atoms with Gasteiger partial charge in [0.2, 0.25) is 0 Å². The Balaban J connectivity index is -0.0000000183. The van der Waals surface area contributed by atoms with E-state index in [1.807, 2.05) is 0 Å². The largest absolute Gasteiger partial charge is 1.00 e. The molecular weight excluding hydrogens is 142 g/mol. The van der Waals surface area contributed by atoms with E-state index in [4.69, 9.17) is 5.11 Å². The molecule has 0 aromatic rings. The second-order valence-electron chi connectivity index (χ2n) is 1.05. The van der Waals surface area contributed by atoms with Gasteiger partial charge in [0.15, 0.2) is 0 Å². The summed E-state index contributed by atoms with van der Waals surface area (Å²) < 4.78 is 0. The van der Waals surface area contributed by atoms with Gasteiger partial charge >= 0.3 is 80.9 Å². The summed E-state index contributed by atoms with van der Waals surface area (Å²) in [5.74, 6) is 0. The Morgan fingerprint density at radius 2 is 1.12 bits per heavy atom. The molecule has 0 radical (unpaired) electrons. The van der Waals surface area contributed by atoms with Crippen molar-refractivity contribution in [3.05, 3.63) is 0 Å². The predicted molar refractivity (Wildman–Crippen MR) is 21.1 cm³/mol. The van der Waals surface area contributed by atoms with Gasteiger partial charge in [0, 0.05) is 0 Å². The molecule has 0 saturated heterocycles. The zero-order valence-corrected chi connectivity index (χ0v) is 11.5. The molecular formula is C4H10KNaO2. The zero-order valence-electron chi connectivity index (χ0n) is 6.39. The molecule has 0 aliphatic heterocycles. The first-order valence-electron chi connectivity index (χ1n) is 1.80. The fourth-order valence-electron chi connectivity index (χ4n) is 0. The normalized spacial score (nSPS) is 5.25. The Hall–Kier alpha value is 2.56. The quantitative estimate of drug-likeness (QED) is 0.324. The van der Waals surface area contributed by atoms with Crippen molar-refractivity contribution in [1.82, 2.24) is 0 Å². The summed E-state index contributed by atoms with van der Waals surface area (Å²) in [4.78, 5) is 0. The van der Waals surface area contributed by atoms with Crippen molar-refractivity contribution < 1.29 is 91.2 Å². The average molecular weight is 152 g/mol. The summed E-state index contributed by atoms with van der Waals surface area (Å²) in [6.45, 7) is 3.22. The van der Waals surface area contributed by atoms with Crippen LogP contribution in [0.5, 0.6) is 0 Å². The molecule has 2 nitrogen and oxygen atoms in total. The Kier molecular flexibility index (Phi) is 63.5. The van der Waals surface area contributed by atoms with E-state index in [2.05, 4.69) is 0 Å². The summed E-state index contributed by atoms with van der Waals surface area (Å²) in [6.07, 6.45) is -0.417. The van der Waals surface area contributed by atoms with E-state index in [-0.39, 0.29) is 80.9 Å². The van der Waals surface area contributed by atoms with E-state index < -0.39 is 6.10 Å². The first kappa shape index (κ1) is 22.4. The van der Waals surface area contributed by atoms with Gasteiger partial charge in [-0.2, -0.15) is 7.11 Å². The van der Waals surface area contributed by atoms with Gasteiger partial charge < -0.3 is 10.2 Å². The summed E-state index contributed by atoms with van der Waals surface area (Å²) in [5, 5.41) is 17.8. The SMILES string of the molecule is CC(C)[O-].C[O-].[K+].[Na+]. The number of rotatable bonds is 0. The smallest absolute Gasteiger partial charge is 0.857 e. The van der Waals surface area contributed by atoms with Gasteiger partial charge in [0.1, 0.15) is 0 Å². The van der Waals surface area contributed by atoms with Gasteiger partial charge in [-0.1, -0.05) is 13.8 Å². The minimum Gasteiger partial charge on any atom is -0.857 e. The number of hydrogen-bond donors (Lipinski definition) is 0. The number of hydrogen-bond acceptors (Lipinski definition) is 2. The van der Waals surface area contributed by atoms with Gasteiger partial charge in [-0.25, -0.2) is 0 Å². The van der Waals surface area contributed by atoms with Crippen LogP contribution in [-0.2, 0) is 0 Å². The van der Waals surface area contributed by atoms with Crippen molar-refractivity contribution in [1.29, 1.82) is 0 Å². The molecule has 0 bridgehead atoms. The minimum atomic E-state index is -0.417. The van der Waals surface area contributed by atoms with Crippen molar-refractivity contribution in [3.8, 4) is 0 Å². The summed E-state index contributed by atoms with van der Waals surface area (Å²) in [6, 6.07) is 0. The van der Waals surface area contributed by atoms with Crippen molar-refractivity contribution >= 4 is 0 Å². The first-order valence-corrected chi connectivity index (χ1v) is 1.80. The van der Waals surface area contributed by atoms with Crippen molar-refractivity contribution in [2.75, 3.05) is 7.11 Å². The second-order valence-corrected chi connectivity index (χ2v) is 1.05. The molecule has 0 aliphatic rings. The van der Waals surface area contributed by atoms with Crippen LogP contribution in [0, 0.1) is 0 Å². The van der Waals surface area contributed by atoms with Crippen LogP contribution in [0.4, 0.5) is 0 Å². The molecule has 0 saturated carbocycles. The monoisotopic (exact) mass is 152 g/mol. The molecule has 40 valence electrons. The molecule has 0 N–H and O–H groups in total. The van der Waals surface area contributed by atoms with Crippen LogP contribution in [0.2, 0.25) is 0 Å². The molecule has 0 aromatic heterocycles. The maximum atomic E-state index is 9.53. The molecule has 0 amide bonds. The van der Waals surface area contributed by atoms with Crippen molar-refractivity contribution in [2.24, 2.45) is 0 Å². The molecule has 0 heterocycles. The molecule has 0 atom stereocenters. The molecule has 0 unspecified atom stereocenters. The summed E-state index contributed by atoms with van der Waals surface area (Å²) in [5.41, 5.74) is 0. The van der Waals surface area contributed by atoms with E-state index in [1.54, 1.807) is 13.8 Å². The van der Waals surface area contributed by atoms with E-state index in [9.17, 15) is 5.11 Å². The van der Waals surface area contributed by atoms with Crippen LogP contribution in [0.25, 0.3) is 0 Å². The average Bonchev–Trinajstić information content (AvgIpc) is 1.41. The Bertz CT molecular complexity index is 18.8. The standard InChI is InChI=1S/C3H7O.CH3O.K.Na/c1-3(2)4;1-2;;/h3H,1-2H3;1H3;;/q2*-1;2*+1. The molecule has 8 heavy (non-hydrogen) atoms. The maximum Gasteiger partial charge on any atom is 1.00 e. The second kappa shape index (κ2) is 22.7. The van der Waals surface area contributed by atoms with Gasteiger partial charge in [-0.15, -0.1) is 6.10 Å². The summed E-state index contributed by atoms with van der Waals surface area (Å²) >= 11 is 0. The molecule has 4 heteroatoms. The Morgan fingerprint density at radius 1 is 1.12 bits per heavy atom. The fourth-order valence-corrected chi connectivity index (χ4v) is 0. The van der Waals surface area contributed by atoms with Gasteiger partial charge in [-0.05, 0) is 0 Å². The molecule has 0 fully saturated rings. The van der Waals surface area contributed by atoms with Gasteiger partial charge in [-0.3, -0.25) is 0 Å². The van der Waals surface area contributed by atoms with Crippen molar-refractivity contribution in [3.63, 3.8) is 0 Å². The molecule has 0 aromatic carbocycles. The van der Waals surface area contributed by atoms with E-state index in [1.165, 1.54) is 0 Å². The van der Waals surface area contributed by atoms with Crippen LogP contribution in [0.3, 0.4) is 0 Å². The van der Waals surface area contributed by atoms with E-state index in [0.717, 1.165) is 7.11 Å². The van der Waals surface area contributed by atoms with E-state index in [0.29, 0.717) is 0 Å². The molecule has 0 rings (SSSR count). The molecule has 0 spiro atoms. The maximum absolute atomic E-state index is 9.53.